The minimum Gasteiger partial charge on any atom is -0.443 e. The summed E-state index contributed by atoms with van der Waals surface area (Å²) < 4.78 is 39.1. The molecule has 2 aromatic rings. The summed E-state index contributed by atoms with van der Waals surface area (Å²) in [4.78, 5) is 25.9. The molecule has 48 heavy (non-hydrogen) atoms. The molecule has 11 heteroatoms. The smallest absolute Gasteiger partial charge is 0.426 e. The van der Waals surface area contributed by atoms with E-state index in [0.717, 1.165) is 30.6 Å². The number of fused-ring (bicyclic) bond motifs is 1. The van der Waals surface area contributed by atoms with Crippen LogP contribution in [0.3, 0.4) is 0 Å². The van der Waals surface area contributed by atoms with Gasteiger partial charge in [-0.15, -0.1) is 0 Å². The van der Waals surface area contributed by atoms with Crippen molar-refractivity contribution in [3.05, 3.63) is 89.7 Å². The van der Waals surface area contributed by atoms with Crippen LogP contribution >= 0.6 is 0 Å². The maximum Gasteiger partial charge on any atom is 0.426 e. The topological polar surface area (TPSA) is 137 Å². The van der Waals surface area contributed by atoms with Gasteiger partial charge in [0.05, 0.1) is 4.90 Å². The molecule has 2 amide bonds. The summed E-state index contributed by atoms with van der Waals surface area (Å²) in [6, 6.07) is 13.0. The van der Waals surface area contributed by atoms with Crippen LogP contribution in [0.15, 0.2) is 83.4 Å². The largest absolute Gasteiger partial charge is 0.443 e. The highest BCUT2D eigenvalue weighted by molar-refractivity contribution is 7.85. The Morgan fingerprint density at radius 2 is 1.71 bits per heavy atom. The van der Waals surface area contributed by atoms with Crippen molar-refractivity contribution in [2.75, 3.05) is 23.3 Å². The van der Waals surface area contributed by atoms with Crippen LogP contribution in [0.1, 0.15) is 92.2 Å². The Morgan fingerprint density at radius 3 is 2.35 bits per heavy atom. The zero-order valence-electron chi connectivity index (χ0n) is 29.6. The number of hydrazine groups is 1. The van der Waals surface area contributed by atoms with E-state index in [-0.39, 0.29) is 22.6 Å². The zero-order chi connectivity index (χ0) is 35.9. The summed E-state index contributed by atoms with van der Waals surface area (Å²) in [5.41, 5.74) is 8.89. The number of ether oxygens (including phenoxy) is 1. The third-order valence-corrected chi connectivity index (χ3v) is 9.38. The fraction of sp³-hybridized carbons (Fsp3) is 0.459. The lowest BCUT2D eigenvalue weighted by molar-refractivity contribution is -0.122. The molecule has 1 aliphatic heterocycles. The van der Waals surface area contributed by atoms with E-state index in [2.05, 4.69) is 78.8 Å². The molecule has 0 spiro atoms. The molecule has 0 aromatic heterocycles. The Bertz CT molecular complexity index is 1670. The van der Waals surface area contributed by atoms with E-state index >= 15 is 0 Å². The minimum atomic E-state index is -4.43. The number of anilines is 2. The standard InChI is InChI=1S/C37H52N4O6S/c1-10-41-31-19-14-13-18-28(31)37(8,9)32(41)20-16-17-26(2)36(6,7)29-25-27(48(44,45)46)22-23-30(29)38-24-15-11-12-21-33(42)39-40-34(43)47-35(3,4)5/h13-14,16-20,22-23,25,38H,2,10-12,15,21,24H2,1,3-9H3,(H,39,42)(H,40,43)(H,44,45,46)/b17-16+,32-20+. The summed E-state index contributed by atoms with van der Waals surface area (Å²) in [7, 11) is -4.43. The Labute approximate surface area is 286 Å². The average Bonchev–Trinajstić information content (AvgIpc) is 3.21. The normalized spacial score (nSPS) is 15.4. The van der Waals surface area contributed by atoms with Gasteiger partial charge in [0.2, 0.25) is 5.91 Å². The number of hydrogen-bond acceptors (Lipinski definition) is 7. The van der Waals surface area contributed by atoms with Gasteiger partial charge in [0.25, 0.3) is 10.1 Å². The molecule has 3 rings (SSSR count). The van der Waals surface area contributed by atoms with E-state index in [1.54, 1.807) is 26.8 Å². The van der Waals surface area contributed by atoms with Gasteiger partial charge in [-0.2, -0.15) is 8.42 Å². The Hall–Kier alpha value is -4.09. The lowest BCUT2D eigenvalue weighted by Gasteiger charge is -2.30. The molecule has 1 aliphatic rings. The average molecular weight is 681 g/mol. The second kappa shape index (κ2) is 15.4. The summed E-state index contributed by atoms with van der Waals surface area (Å²) in [6.07, 6.45) is 7.67. The van der Waals surface area contributed by atoms with E-state index < -0.39 is 27.2 Å². The highest BCUT2D eigenvalue weighted by atomic mass is 32.2. The quantitative estimate of drug-likeness (QED) is 0.0737. The molecule has 0 saturated carbocycles. The number of para-hydroxylation sites is 1. The summed E-state index contributed by atoms with van der Waals surface area (Å²) >= 11 is 0. The molecule has 0 atom stereocenters. The fourth-order valence-electron chi connectivity index (χ4n) is 5.77. The zero-order valence-corrected chi connectivity index (χ0v) is 30.4. The monoisotopic (exact) mass is 680 g/mol. The van der Waals surface area contributed by atoms with E-state index in [1.165, 1.54) is 29.1 Å². The van der Waals surface area contributed by atoms with Gasteiger partial charge in [0, 0.05) is 47.4 Å². The van der Waals surface area contributed by atoms with Crippen LogP contribution in [0, 0.1) is 0 Å². The van der Waals surface area contributed by atoms with Crippen LogP contribution in [0.4, 0.5) is 16.2 Å². The van der Waals surface area contributed by atoms with Gasteiger partial charge in [-0.1, -0.05) is 71.0 Å². The number of nitrogens with zero attached hydrogens (tertiary/aromatic N) is 1. The van der Waals surface area contributed by atoms with Gasteiger partial charge in [-0.25, -0.2) is 10.2 Å². The first kappa shape index (κ1) is 38.4. The van der Waals surface area contributed by atoms with Crippen molar-refractivity contribution in [1.82, 2.24) is 10.9 Å². The number of allylic oxidation sites excluding steroid dienone is 5. The summed E-state index contributed by atoms with van der Waals surface area (Å²) in [5, 5.41) is 3.40. The first-order valence-electron chi connectivity index (χ1n) is 16.4. The van der Waals surface area contributed by atoms with Gasteiger partial charge in [-0.3, -0.25) is 14.8 Å². The summed E-state index contributed by atoms with van der Waals surface area (Å²) in [5.74, 6) is -0.315. The maximum atomic E-state index is 12.1. The molecule has 262 valence electrons. The predicted octanol–water partition coefficient (Wildman–Crippen LogP) is 7.55. The molecule has 0 saturated heterocycles. The van der Waals surface area contributed by atoms with Crippen LogP contribution in [-0.2, 0) is 30.5 Å². The van der Waals surface area contributed by atoms with Crippen LogP contribution in [0.5, 0.6) is 0 Å². The highest BCUT2D eigenvalue weighted by Gasteiger charge is 2.38. The van der Waals surface area contributed by atoms with Crippen LogP contribution in [-0.4, -0.2) is 43.7 Å². The van der Waals surface area contributed by atoms with E-state index in [4.69, 9.17) is 4.74 Å². The maximum absolute atomic E-state index is 12.1. The van der Waals surface area contributed by atoms with Crippen LogP contribution < -0.4 is 21.1 Å². The summed E-state index contributed by atoms with van der Waals surface area (Å²) in [6.45, 7) is 21.5. The number of hydrogen-bond donors (Lipinski definition) is 4. The molecule has 0 aliphatic carbocycles. The molecule has 4 N–H and O–H groups in total. The molecular formula is C37H52N4O6S. The molecular weight excluding hydrogens is 628 g/mol. The fourth-order valence-corrected chi connectivity index (χ4v) is 6.28. The molecule has 10 nitrogen and oxygen atoms in total. The number of rotatable bonds is 13. The first-order chi connectivity index (χ1) is 22.3. The number of likely N-dealkylation sites (N-methyl/N-ethyl adjacent to an activating group) is 1. The van der Waals surface area contributed by atoms with Crippen molar-refractivity contribution < 1.29 is 27.3 Å². The lowest BCUT2D eigenvalue weighted by atomic mass is 9.77. The van der Waals surface area contributed by atoms with Gasteiger partial charge in [0.15, 0.2) is 0 Å². The van der Waals surface area contributed by atoms with Crippen molar-refractivity contribution in [2.24, 2.45) is 0 Å². The molecule has 0 unspecified atom stereocenters. The van der Waals surface area contributed by atoms with E-state index in [9.17, 15) is 22.6 Å². The number of benzene rings is 2. The highest BCUT2D eigenvalue weighted by Crippen LogP contribution is 2.47. The molecule has 0 bridgehead atoms. The van der Waals surface area contributed by atoms with Crippen LogP contribution in [0.2, 0.25) is 0 Å². The number of amides is 2. The Morgan fingerprint density at radius 1 is 1.02 bits per heavy atom. The second-order valence-electron chi connectivity index (χ2n) is 14.0. The van der Waals surface area contributed by atoms with Crippen LogP contribution in [0.25, 0.3) is 0 Å². The predicted molar refractivity (Wildman–Crippen MR) is 193 cm³/mol. The van der Waals surface area contributed by atoms with Crippen molar-refractivity contribution in [1.29, 1.82) is 0 Å². The molecule has 2 aromatic carbocycles. The third-order valence-electron chi connectivity index (χ3n) is 8.53. The van der Waals surface area contributed by atoms with Crippen molar-refractivity contribution in [2.45, 2.75) is 102 Å². The Balaban J connectivity index is 1.67. The lowest BCUT2D eigenvalue weighted by Crippen LogP contribution is -2.44. The van der Waals surface area contributed by atoms with Crippen molar-refractivity contribution in [3.63, 3.8) is 0 Å². The number of unbranched alkanes of at least 4 members (excludes halogenated alkanes) is 2. The van der Waals surface area contributed by atoms with Crippen molar-refractivity contribution in [3.8, 4) is 0 Å². The Kier molecular flexibility index (Phi) is 12.3. The second-order valence-corrected chi connectivity index (χ2v) is 15.5. The number of carbonyl (C=O) groups is 2. The molecule has 0 radical (unpaired) electrons. The van der Waals surface area contributed by atoms with E-state index in [0.29, 0.717) is 18.5 Å². The van der Waals surface area contributed by atoms with Gasteiger partial charge < -0.3 is 15.0 Å². The third kappa shape index (κ3) is 9.73. The number of nitrogens with one attached hydrogen (secondary N) is 3. The van der Waals surface area contributed by atoms with E-state index in [1.807, 2.05) is 26.0 Å². The first-order valence-corrected chi connectivity index (χ1v) is 17.8. The molecule has 0 fully saturated rings. The van der Waals surface area contributed by atoms with Gasteiger partial charge in [-0.05, 0) is 87.6 Å². The SMILES string of the molecule is C=C(/C=C/C=C1/N(CC)c2ccccc2C1(C)C)C(C)(C)c1cc(S(=O)(=O)O)ccc1NCCCCCC(=O)NNC(=O)OC(C)(C)C. The number of carbonyl (C=O) groups excluding carboxylic acids is 2. The van der Waals surface area contributed by atoms with Crippen molar-refractivity contribution >= 4 is 33.5 Å². The molecule has 1 heterocycles. The van der Waals surface area contributed by atoms with Gasteiger partial charge in [0.1, 0.15) is 5.60 Å². The van der Waals surface area contributed by atoms with Gasteiger partial charge >= 0.3 is 6.09 Å². The minimum absolute atomic E-state index is 0.171.